The smallest absolute Gasteiger partial charge is 0.226 e. The molecule has 24 heavy (non-hydrogen) atoms. The zero-order valence-electron chi connectivity index (χ0n) is 14.7. The molecule has 3 amide bonds. The Bertz CT molecular complexity index is 494. The molecule has 0 saturated carbocycles. The van der Waals surface area contributed by atoms with E-state index in [1.165, 1.54) is 0 Å². The quantitative estimate of drug-likeness (QED) is 0.780. The number of rotatable bonds is 3. The predicted octanol–water partition coefficient (Wildman–Crippen LogP) is 1.25. The van der Waals surface area contributed by atoms with Gasteiger partial charge in [-0.1, -0.05) is 0 Å². The molecule has 3 saturated heterocycles. The predicted molar refractivity (Wildman–Crippen MR) is 90.1 cm³/mol. The normalized spacial score (nSPS) is 26.1. The van der Waals surface area contributed by atoms with E-state index in [0.29, 0.717) is 6.42 Å². The highest BCUT2D eigenvalue weighted by molar-refractivity contribution is 5.86. The van der Waals surface area contributed by atoms with Gasteiger partial charge in [-0.2, -0.15) is 0 Å². The molecule has 3 heterocycles. The minimum Gasteiger partial charge on any atom is -0.343 e. The Balaban J connectivity index is 1.55. The third-order valence-corrected chi connectivity index (χ3v) is 5.81. The van der Waals surface area contributed by atoms with E-state index < -0.39 is 0 Å². The summed E-state index contributed by atoms with van der Waals surface area (Å²) in [5.41, 5.74) is 0. The lowest BCUT2D eigenvalue weighted by Crippen LogP contribution is -2.52. The van der Waals surface area contributed by atoms with Gasteiger partial charge in [-0.05, 0) is 38.5 Å². The monoisotopic (exact) mass is 335 g/mol. The number of amides is 3. The van der Waals surface area contributed by atoms with Gasteiger partial charge in [0.15, 0.2) is 0 Å². The fourth-order valence-electron chi connectivity index (χ4n) is 4.33. The van der Waals surface area contributed by atoms with Gasteiger partial charge in [0.25, 0.3) is 0 Å². The van der Waals surface area contributed by atoms with Gasteiger partial charge < -0.3 is 14.7 Å². The Hall–Kier alpha value is -1.59. The van der Waals surface area contributed by atoms with Gasteiger partial charge in [0.05, 0.1) is 0 Å². The first-order valence-electron chi connectivity index (χ1n) is 9.40. The molecule has 0 aliphatic carbocycles. The highest BCUT2D eigenvalue weighted by Crippen LogP contribution is 2.27. The SMILES string of the molecule is CC(=O)N1CCC(N2CCCC(CC(=O)N3CCCC3)C2=O)CC1. The van der Waals surface area contributed by atoms with Crippen LogP contribution in [-0.4, -0.2) is 71.2 Å². The van der Waals surface area contributed by atoms with E-state index in [9.17, 15) is 14.4 Å². The van der Waals surface area contributed by atoms with Crippen molar-refractivity contribution in [1.29, 1.82) is 0 Å². The van der Waals surface area contributed by atoms with Crippen molar-refractivity contribution in [2.45, 2.75) is 57.9 Å². The Morgan fingerprint density at radius 3 is 2.21 bits per heavy atom. The zero-order valence-corrected chi connectivity index (χ0v) is 14.7. The summed E-state index contributed by atoms with van der Waals surface area (Å²) >= 11 is 0. The molecule has 3 rings (SSSR count). The standard InChI is InChI=1S/C18H29N3O3/c1-14(22)19-11-6-16(7-12-19)21-10-4-5-15(18(21)24)13-17(23)20-8-2-3-9-20/h15-16H,2-13H2,1H3. The summed E-state index contributed by atoms with van der Waals surface area (Å²) in [7, 11) is 0. The van der Waals surface area contributed by atoms with E-state index in [0.717, 1.165) is 71.2 Å². The van der Waals surface area contributed by atoms with Gasteiger partial charge >= 0.3 is 0 Å². The molecule has 1 unspecified atom stereocenters. The molecule has 0 spiro atoms. The van der Waals surface area contributed by atoms with E-state index in [1.54, 1.807) is 6.92 Å². The number of hydrogen-bond acceptors (Lipinski definition) is 3. The van der Waals surface area contributed by atoms with Crippen molar-refractivity contribution in [3.63, 3.8) is 0 Å². The Labute approximate surface area is 144 Å². The third kappa shape index (κ3) is 3.73. The second-order valence-electron chi connectivity index (χ2n) is 7.40. The molecule has 134 valence electrons. The molecule has 0 aromatic rings. The lowest BCUT2D eigenvalue weighted by atomic mass is 9.90. The van der Waals surface area contributed by atoms with Gasteiger partial charge in [-0.15, -0.1) is 0 Å². The molecular weight excluding hydrogens is 306 g/mol. The molecule has 6 nitrogen and oxygen atoms in total. The number of carbonyl (C=O) groups is 3. The fourth-order valence-corrected chi connectivity index (χ4v) is 4.33. The molecule has 0 N–H and O–H groups in total. The van der Waals surface area contributed by atoms with Crippen LogP contribution in [0.25, 0.3) is 0 Å². The third-order valence-electron chi connectivity index (χ3n) is 5.81. The first-order chi connectivity index (χ1) is 11.6. The van der Waals surface area contributed by atoms with E-state index in [2.05, 4.69) is 0 Å². The highest BCUT2D eigenvalue weighted by Gasteiger charge is 2.36. The average molecular weight is 335 g/mol. The fraction of sp³-hybridized carbons (Fsp3) is 0.833. The lowest BCUT2D eigenvalue weighted by molar-refractivity contribution is -0.146. The summed E-state index contributed by atoms with van der Waals surface area (Å²) in [6.45, 7) is 5.59. The van der Waals surface area contributed by atoms with Crippen LogP contribution in [-0.2, 0) is 14.4 Å². The van der Waals surface area contributed by atoms with E-state index >= 15 is 0 Å². The Morgan fingerprint density at radius 2 is 1.58 bits per heavy atom. The minimum atomic E-state index is -0.141. The maximum atomic E-state index is 12.9. The van der Waals surface area contributed by atoms with Gasteiger partial charge in [-0.25, -0.2) is 0 Å². The van der Waals surface area contributed by atoms with Crippen molar-refractivity contribution < 1.29 is 14.4 Å². The molecule has 0 aromatic carbocycles. The zero-order chi connectivity index (χ0) is 17.1. The van der Waals surface area contributed by atoms with Gasteiger partial charge in [0, 0.05) is 58.0 Å². The number of piperidine rings is 2. The minimum absolute atomic E-state index is 0.118. The van der Waals surface area contributed by atoms with Gasteiger partial charge in [-0.3, -0.25) is 14.4 Å². The molecule has 3 aliphatic heterocycles. The van der Waals surface area contributed by atoms with E-state index in [-0.39, 0.29) is 29.7 Å². The first-order valence-corrected chi connectivity index (χ1v) is 9.40. The van der Waals surface area contributed by atoms with E-state index in [4.69, 9.17) is 0 Å². The molecule has 3 fully saturated rings. The number of hydrogen-bond donors (Lipinski definition) is 0. The molecule has 6 heteroatoms. The molecule has 1 atom stereocenters. The Morgan fingerprint density at radius 1 is 0.917 bits per heavy atom. The summed E-state index contributed by atoms with van der Waals surface area (Å²) in [5, 5.41) is 0. The average Bonchev–Trinajstić information content (AvgIpc) is 3.11. The van der Waals surface area contributed by atoms with Crippen LogP contribution in [0.15, 0.2) is 0 Å². The van der Waals surface area contributed by atoms with E-state index in [1.807, 2.05) is 14.7 Å². The summed E-state index contributed by atoms with van der Waals surface area (Å²) < 4.78 is 0. The first kappa shape index (κ1) is 17.2. The van der Waals surface area contributed by atoms with Crippen LogP contribution in [0.2, 0.25) is 0 Å². The number of carbonyl (C=O) groups excluding carboxylic acids is 3. The summed E-state index contributed by atoms with van der Waals surface area (Å²) in [4.78, 5) is 42.5. The van der Waals surface area contributed by atoms with Crippen molar-refractivity contribution >= 4 is 17.7 Å². The number of nitrogens with zero attached hydrogens (tertiary/aromatic N) is 3. The summed E-state index contributed by atoms with van der Waals surface area (Å²) in [5.74, 6) is 0.291. The summed E-state index contributed by atoms with van der Waals surface area (Å²) in [6, 6.07) is 0.234. The van der Waals surface area contributed by atoms with Crippen LogP contribution in [0.4, 0.5) is 0 Å². The van der Waals surface area contributed by atoms with Crippen LogP contribution in [0, 0.1) is 5.92 Å². The van der Waals surface area contributed by atoms with Crippen molar-refractivity contribution in [3.05, 3.63) is 0 Å². The lowest BCUT2D eigenvalue weighted by Gasteiger charge is -2.42. The Kier molecular flexibility index (Phi) is 5.41. The molecular formula is C18H29N3O3. The van der Waals surface area contributed by atoms with Crippen molar-refractivity contribution in [2.24, 2.45) is 5.92 Å². The summed E-state index contributed by atoms with van der Waals surface area (Å²) in [6.07, 6.45) is 6.09. The number of likely N-dealkylation sites (tertiary alicyclic amines) is 3. The molecule has 0 radical (unpaired) electrons. The molecule has 0 bridgehead atoms. The van der Waals surface area contributed by atoms with Crippen LogP contribution in [0.1, 0.15) is 51.9 Å². The van der Waals surface area contributed by atoms with Crippen molar-refractivity contribution in [1.82, 2.24) is 14.7 Å². The second-order valence-corrected chi connectivity index (χ2v) is 7.40. The van der Waals surface area contributed by atoms with Gasteiger partial charge in [0.2, 0.25) is 17.7 Å². The topological polar surface area (TPSA) is 60.9 Å². The van der Waals surface area contributed by atoms with Crippen LogP contribution in [0.5, 0.6) is 0 Å². The van der Waals surface area contributed by atoms with Crippen molar-refractivity contribution in [3.8, 4) is 0 Å². The maximum absolute atomic E-state index is 12.9. The second kappa shape index (κ2) is 7.53. The highest BCUT2D eigenvalue weighted by atomic mass is 16.2. The van der Waals surface area contributed by atoms with Gasteiger partial charge in [0.1, 0.15) is 0 Å². The van der Waals surface area contributed by atoms with Crippen LogP contribution >= 0.6 is 0 Å². The van der Waals surface area contributed by atoms with Crippen LogP contribution < -0.4 is 0 Å². The van der Waals surface area contributed by atoms with Crippen LogP contribution in [0.3, 0.4) is 0 Å². The molecule has 0 aromatic heterocycles. The molecule has 3 aliphatic rings. The largest absolute Gasteiger partial charge is 0.343 e. The van der Waals surface area contributed by atoms with Crippen molar-refractivity contribution in [2.75, 3.05) is 32.7 Å². The maximum Gasteiger partial charge on any atom is 0.226 e.